The van der Waals surface area contributed by atoms with Gasteiger partial charge < -0.3 is 10.4 Å². The van der Waals surface area contributed by atoms with Gasteiger partial charge in [0.25, 0.3) is 0 Å². The fourth-order valence-electron chi connectivity index (χ4n) is 1.83. The van der Waals surface area contributed by atoms with Crippen molar-refractivity contribution < 1.29 is 9.90 Å². The van der Waals surface area contributed by atoms with Crippen molar-refractivity contribution in [1.29, 1.82) is 0 Å². The average Bonchev–Trinajstić information content (AvgIpc) is 3.02. The van der Waals surface area contributed by atoms with E-state index in [2.05, 4.69) is 15.3 Å². The van der Waals surface area contributed by atoms with Crippen LogP contribution in [0.1, 0.15) is 10.4 Å². The fraction of sp³-hybridized carbons (Fsp3) is 0. The molecule has 1 aromatic carbocycles. The molecule has 21 heavy (non-hydrogen) atoms. The summed E-state index contributed by atoms with van der Waals surface area (Å²) in [5.74, 6) is -0.538. The van der Waals surface area contributed by atoms with Gasteiger partial charge in [-0.25, -0.2) is 14.8 Å². The highest BCUT2D eigenvalue weighted by molar-refractivity contribution is 7.08. The molecule has 2 N–H and O–H groups in total. The van der Waals surface area contributed by atoms with Crippen LogP contribution < -0.4 is 5.32 Å². The van der Waals surface area contributed by atoms with Crippen LogP contribution in [0.5, 0.6) is 0 Å². The van der Waals surface area contributed by atoms with Crippen molar-refractivity contribution in [3.63, 3.8) is 0 Å². The number of anilines is 2. The van der Waals surface area contributed by atoms with Gasteiger partial charge in [-0.05, 0) is 40.6 Å². The van der Waals surface area contributed by atoms with Crippen LogP contribution in [0.25, 0.3) is 11.1 Å². The molecule has 0 spiro atoms. The molecule has 0 amide bonds. The van der Waals surface area contributed by atoms with E-state index in [0.717, 1.165) is 11.1 Å². The van der Waals surface area contributed by atoms with Crippen molar-refractivity contribution >= 4 is 28.9 Å². The predicted octanol–water partition coefficient (Wildman–Crippen LogP) is 3.65. The van der Waals surface area contributed by atoms with E-state index in [1.165, 1.54) is 6.07 Å². The molecule has 3 aromatic rings. The topological polar surface area (TPSA) is 75.1 Å². The van der Waals surface area contributed by atoms with Crippen molar-refractivity contribution in [3.8, 4) is 11.1 Å². The molecule has 3 rings (SSSR count). The normalized spacial score (nSPS) is 10.3. The number of aromatic carboxylic acids is 1. The zero-order valence-electron chi connectivity index (χ0n) is 10.9. The molecule has 0 unspecified atom stereocenters. The molecule has 2 aromatic heterocycles. The Morgan fingerprint density at radius 2 is 1.95 bits per heavy atom. The van der Waals surface area contributed by atoms with Gasteiger partial charge in [0.1, 0.15) is 0 Å². The molecule has 0 aliphatic carbocycles. The molecule has 0 aliphatic heterocycles. The van der Waals surface area contributed by atoms with Gasteiger partial charge >= 0.3 is 5.97 Å². The van der Waals surface area contributed by atoms with Gasteiger partial charge in [-0.3, -0.25) is 0 Å². The van der Waals surface area contributed by atoms with Gasteiger partial charge in [-0.1, -0.05) is 6.07 Å². The lowest BCUT2D eigenvalue weighted by Gasteiger charge is -2.06. The zero-order chi connectivity index (χ0) is 14.7. The van der Waals surface area contributed by atoms with Crippen LogP contribution in [0.2, 0.25) is 0 Å². The molecule has 104 valence electrons. The Morgan fingerprint density at radius 1 is 1.14 bits per heavy atom. The highest BCUT2D eigenvalue weighted by Crippen LogP contribution is 2.21. The van der Waals surface area contributed by atoms with E-state index in [9.17, 15) is 4.79 Å². The van der Waals surface area contributed by atoms with Gasteiger partial charge in [0.15, 0.2) is 0 Å². The predicted molar refractivity (Wildman–Crippen MR) is 82.0 cm³/mol. The van der Waals surface area contributed by atoms with Gasteiger partial charge in [0, 0.05) is 23.6 Å². The molecule has 2 heterocycles. The van der Waals surface area contributed by atoms with Crippen LogP contribution in [-0.4, -0.2) is 21.0 Å². The van der Waals surface area contributed by atoms with Gasteiger partial charge in [0.2, 0.25) is 5.95 Å². The van der Waals surface area contributed by atoms with E-state index in [-0.39, 0.29) is 5.56 Å². The maximum atomic E-state index is 10.9. The number of thiophene rings is 1. The van der Waals surface area contributed by atoms with Crippen LogP contribution in [0.3, 0.4) is 0 Å². The first-order valence-corrected chi connectivity index (χ1v) is 7.11. The third kappa shape index (κ3) is 3.06. The third-order valence-corrected chi connectivity index (χ3v) is 3.56. The maximum Gasteiger partial charge on any atom is 0.335 e. The summed E-state index contributed by atoms with van der Waals surface area (Å²) in [6, 6.07) is 8.52. The fourth-order valence-corrected chi connectivity index (χ4v) is 2.49. The number of carboxylic acid groups (broad SMARTS) is 1. The molecule has 5 nitrogen and oxygen atoms in total. The first-order valence-electron chi connectivity index (χ1n) is 6.17. The van der Waals surface area contributed by atoms with Crippen LogP contribution in [0.15, 0.2) is 53.5 Å². The largest absolute Gasteiger partial charge is 0.478 e. The molecule has 0 saturated carbocycles. The van der Waals surface area contributed by atoms with E-state index in [4.69, 9.17) is 5.11 Å². The lowest BCUT2D eigenvalue weighted by molar-refractivity contribution is 0.0697. The molecule has 0 radical (unpaired) electrons. The summed E-state index contributed by atoms with van der Waals surface area (Å²) in [6.07, 6.45) is 3.47. The number of carboxylic acids is 1. The smallest absolute Gasteiger partial charge is 0.335 e. The van der Waals surface area contributed by atoms with E-state index < -0.39 is 5.97 Å². The minimum absolute atomic E-state index is 0.217. The molecule has 0 atom stereocenters. The van der Waals surface area contributed by atoms with Crippen LogP contribution in [0, 0.1) is 0 Å². The van der Waals surface area contributed by atoms with Gasteiger partial charge in [-0.15, -0.1) is 0 Å². The number of hydrogen-bond donors (Lipinski definition) is 2. The third-order valence-electron chi connectivity index (χ3n) is 2.87. The van der Waals surface area contributed by atoms with Crippen molar-refractivity contribution in [2.24, 2.45) is 0 Å². The number of nitrogens with zero attached hydrogens (tertiary/aromatic N) is 2. The second-order valence-electron chi connectivity index (χ2n) is 4.32. The van der Waals surface area contributed by atoms with E-state index in [0.29, 0.717) is 11.6 Å². The van der Waals surface area contributed by atoms with E-state index in [1.54, 1.807) is 41.9 Å². The molecular weight excluding hydrogens is 286 g/mol. The summed E-state index contributed by atoms with van der Waals surface area (Å²) in [5, 5.41) is 16.0. The first-order chi connectivity index (χ1) is 10.2. The zero-order valence-corrected chi connectivity index (χ0v) is 11.7. The number of benzene rings is 1. The summed E-state index contributed by atoms with van der Waals surface area (Å²) in [4.78, 5) is 19.4. The second-order valence-corrected chi connectivity index (χ2v) is 5.10. The lowest BCUT2D eigenvalue weighted by Crippen LogP contribution is -2.00. The average molecular weight is 297 g/mol. The number of rotatable bonds is 4. The molecule has 0 fully saturated rings. The molecule has 0 saturated heterocycles. The number of aromatic nitrogens is 2. The standard InChI is InChI=1S/C15H11N3O2S/c19-14(20)10-2-1-3-13(6-10)18-15-16-7-12(8-17-15)11-4-5-21-9-11/h1-9H,(H,19,20)(H,16,17,18). The summed E-state index contributed by atoms with van der Waals surface area (Å²) < 4.78 is 0. The van der Waals surface area contributed by atoms with Crippen molar-refractivity contribution in [2.45, 2.75) is 0 Å². The quantitative estimate of drug-likeness (QED) is 0.769. The Morgan fingerprint density at radius 3 is 2.62 bits per heavy atom. The van der Waals surface area contributed by atoms with Gasteiger partial charge in [-0.2, -0.15) is 11.3 Å². The minimum Gasteiger partial charge on any atom is -0.478 e. The summed E-state index contributed by atoms with van der Waals surface area (Å²) in [6.45, 7) is 0. The van der Waals surface area contributed by atoms with Crippen molar-refractivity contribution in [3.05, 3.63) is 59.0 Å². The Labute approximate surface area is 124 Å². The monoisotopic (exact) mass is 297 g/mol. The number of hydrogen-bond acceptors (Lipinski definition) is 5. The van der Waals surface area contributed by atoms with Crippen molar-refractivity contribution in [2.75, 3.05) is 5.32 Å². The number of carbonyl (C=O) groups is 1. The highest BCUT2D eigenvalue weighted by Gasteiger charge is 2.05. The minimum atomic E-state index is -0.965. The summed E-state index contributed by atoms with van der Waals surface area (Å²) >= 11 is 1.62. The molecule has 0 bridgehead atoms. The number of nitrogens with one attached hydrogen (secondary N) is 1. The molecule has 0 aliphatic rings. The van der Waals surface area contributed by atoms with E-state index in [1.807, 2.05) is 16.8 Å². The second kappa shape index (κ2) is 5.72. The SMILES string of the molecule is O=C(O)c1cccc(Nc2ncc(-c3ccsc3)cn2)c1. The van der Waals surface area contributed by atoms with Crippen LogP contribution in [0.4, 0.5) is 11.6 Å². The van der Waals surface area contributed by atoms with Gasteiger partial charge in [0.05, 0.1) is 5.56 Å². The van der Waals surface area contributed by atoms with E-state index >= 15 is 0 Å². The van der Waals surface area contributed by atoms with Crippen LogP contribution in [-0.2, 0) is 0 Å². The molecular formula is C15H11N3O2S. The maximum absolute atomic E-state index is 10.9. The molecule has 6 heteroatoms. The Balaban J connectivity index is 1.79. The highest BCUT2D eigenvalue weighted by atomic mass is 32.1. The summed E-state index contributed by atoms with van der Waals surface area (Å²) in [5.41, 5.74) is 2.88. The Kier molecular flexibility index (Phi) is 3.61. The first kappa shape index (κ1) is 13.3. The summed E-state index contributed by atoms with van der Waals surface area (Å²) in [7, 11) is 0. The Hall–Kier alpha value is -2.73. The van der Waals surface area contributed by atoms with Crippen LogP contribution >= 0.6 is 11.3 Å². The Bertz CT molecular complexity index is 755. The van der Waals surface area contributed by atoms with Crippen molar-refractivity contribution in [1.82, 2.24) is 9.97 Å². The lowest BCUT2D eigenvalue weighted by atomic mass is 10.2.